The molecule has 0 saturated carbocycles. The fourth-order valence-electron chi connectivity index (χ4n) is 1.48. The van der Waals surface area contributed by atoms with Gasteiger partial charge in [-0.05, 0) is 12.1 Å². The van der Waals surface area contributed by atoms with Gasteiger partial charge in [0.15, 0.2) is 11.3 Å². The average molecular weight is 228 g/mol. The normalized spacial score (nSPS) is 10.9. The van der Waals surface area contributed by atoms with E-state index in [9.17, 15) is 0 Å². The molecule has 0 radical (unpaired) electrons. The third-order valence-electron chi connectivity index (χ3n) is 2.17. The highest BCUT2D eigenvalue weighted by molar-refractivity contribution is 6.36. The summed E-state index contributed by atoms with van der Waals surface area (Å²) in [6.45, 7) is 0.232. The third kappa shape index (κ3) is 1.67. The minimum atomic E-state index is 0.232. The van der Waals surface area contributed by atoms with Gasteiger partial charge in [-0.15, -0.1) is 0 Å². The van der Waals surface area contributed by atoms with Crippen LogP contribution in [0.15, 0.2) is 22.8 Å². The molecule has 0 unspecified atom stereocenters. The van der Waals surface area contributed by atoms with E-state index in [4.69, 9.17) is 26.7 Å². The number of rotatable bonds is 3. The van der Waals surface area contributed by atoms with Crippen LogP contribution in [0.2, 0.25) is 5.02 Å². The molecular formula is C10H10ClNO3. The van der Waals surface area contributed by atoms with Gasteiger partial charge in [0, 0.05) is 10.9 Å². The lowest BCUT2D eigenvalue weighted by molar-refractivity contribution is 0.124. The molecule has 1 aromatic heterocycles. The molecule has 0 bridgehead atoms. The molecule has 2 aromatic rings. The summed E-state index contributed by atoms with van der Waals surface area (Å²) in [6, 6.07) is 3.53. The average Bonchev–Trinajstić information content (AvgIpc) is 2.71. The molecular weight excluding hydrogens is 218 g/mol. The first-order chi connectivity index (χ1) is 7.27. The van der Waals surface area contributed by atoms with Crippen LogP contribution in [0.3, 0.4) is 0 Å². The largest absolute Gasteiger partial charge is 0.493 e. The van der Waals surface area contributed by atoms with Crippen LogP contribution >= 0.6 is 11.6 Å². The van der Waals surface area contributed by atoms with Crippen molar-refractivity contribution in [3.8, 4) is 5.75 Å². The third-order valence-corrected chi connectivity index (χ3v) is 2.62. The predicted molar refractivity (Wildman–Crippen MR) is 56.8 cm³/mol. The highest BCUT2D eigenvalue weighted by Crippen LogP contribution is 2.35. The van der Waals surface area contributed by atoms with Crippen molar-refractivity contribution in [3.05, 3.63) is 29.0 Å². The Kier molecular flexibility index (Phi) is 2.81. The summed E-state index contributed by atoms with van der Waals surface area (Å²) in [5.41, 5.74) is 1.40. The van der Waals surface area contributed by atoms with Crippen LogP contribution in [0.25, 0.3) is 11.0 Å². The number of benzene rings is 1. The van der Waals surface area contributed by atoms with E-state index in [2.05, 4.69) is 4.84 Å². The molecule has 1 heterocycles. The Morgan fingerprint density at radius 3 is 3.00 bits per heavy atom. The summed E-state index contributed by atoms with van der Waals surface area (Å²) < 4.78 is 10.5. The highest BCUT2D eigenvalue weighted by Gasteiger charge is 2.13. The SMILES string of the molecule is COc1cc(CON)c(Cl)c2ccoc12. The Balaban J connectivity index is 2.67. The Bertz CT molecular complexity index is 481. The van der Waals surface area contributed by atoms with Crippen molar-refractivity contribution in [1.29, 1.82) is 0 Å². The van der Waals surface area contributed by atoms with Gasteiger partial charge in [-0.25, -0.2) is 5.90 Å². The van der Waals surface area contributed by atoms with Crippen LogP contribution in [-0.4, -0.2) is 7.11 Å². The number of hydrogen-bond acceptors (Lipinski definition) is 4. The van der Waals surface area contributed by atoms with Crippen molar-refractivity contribution in [1.82, 2.24) is 0 Å². The molecule has 0 aliphatic heterocycles. The predicted octanol–water partition coefficient (Wildman–Crippen LogP) is 2.49. The summed E-state index contributed by atoms with van der Waals surface area (Å²) in [5.74, 6) is 5.63. The first-order valence-electron chi connectivity index (χ1n) is 4.32. The summed E-state index contributed by atoms with van der Waals surface area (Å²) in [7, 11) is 1.57. The van der Waals surface area contributed by atoms with Crippen molar-refractivity contribution >= 4 is 22.6 Å². The molecule has 80 valence electrons. The zero-order valence-corrected chi connectivity index (χ0v) is 8.88. The molecule has 0 aliphatic carbocycles. The van der Waals surface area contributed by atoms with Crippen LogP contribution in [-0.2, 0) is 11.4 Å². The zero-order valence-electron chi connectivity index (χ0n) is 8.12. The van der Waals surface area contributed by atoms with Gasteiger partial charge in [0.2, 0.25) is 0 Å². The van der Waals surface area contributed by atoms with Crippen molar-refractivity contribution in [2.75, 3.05) is 7.11 Å². The Morgan fingerprint density at radius 2 is 2.33 bits per heavy atom. The van der Waals surface area contributed by atoms with Gasteiger partial charge >= 0.3 is 0 Å². The maximum Gasteiger partial charge on any atom is 0.177 e. The molecule has 1 aromatic carbocycles. The quantitative estimate of drug-likeness (QED) is 0.819. The lowest BCUT2D eigenvalue weighted by Gasteiger charge is -2.07. The number of ether oxygens (including phenoxy) is 1. The van der Waals surface area contributed by atoms with E-state index in [-0.39, 0.29) is 6.61 Å². The van der Waals surface area contributed by atoms with Crippen LogP contribution in [0.4, 0.5) is 0 Å². The van der Waals surface area contributed by atoms with Crippen molar-refractivity contribution in [2.45, 2.75) is 6.61 Å². The zero-order chi connectivity index (χ0) is 10.8. The molecule has 0 fully saturated rings. The summed E-state index contributed by atoms with van der Waals surface area (Å²) >= 11 is 6.14. The number of halogens is 1. The fraction of sp³-hybridized carbons (Fsp3) is 0.200. The summed E-state index contributed by atoms with van der Waals surface area (Å²) in [4.78, 5) is 4.56. The molecule has 0 spiro atoms. The van der Waals surface area contributed by atoms with Gasteiger partial charge in [-0.3, -0.25) is 4.84 Å². The van der Waals surface area contributed by atoms with Crippen LogP contribution in [0, 0.1) is 0 Å². The molecule has 0 atom stereocenters. The number of fused-ring (bicyclic) bond motifs is 1. The second kappa shape index (κ2) is 4.10. The van der Waals surface area contributed by atoms with Gasteiger partial charge in [0.05, 0.1) is 25.0 Å². The minimum Gasteiger partial charge on any atom is -0.493 e. The summed E-state index contributed by atoms with van der Waals surface area (Å²) in [5, 5.41) is 1.37. The van der Waals surface area contributed by atoms with Gasteiger partial charge in [-0.2, -0.15) is 0 Å². The van der Waals surface area contributed by atoms with Crippen molar-refractivity contribution in [2.24, 2.45) is 5.90 Å². The number of furan rings is 1. The highest BCUT2D eigenvalue weighted by atomic mass is 35.5. The lowest BCUT2D eigenvalue weighted by Crippen LogP contribution is -2.00. The maximum atomic E-state index is 6.14. The Morgan fingerprint density at radius 1 is 1.53 bits per heavy atom. The molecule has 2 N–H and O–H groups in total. The van der Waals surface area contributed by atoms with Gasteiger partial charge in [-0.1, -0.05) is 11.6 Å². The second-order valence-corrected chi connectivity index (χ2v) is 3.40. The first kappa shape index (κ1) is 10.3. The molecule has 0 saturated heterocycles. The van der Waals surface area contributed by atoms with E-state index in [1.807, 2.05) is 0 Å². The van der Waals surface area contributed by atoms with Crippen LogP contribution in [0.1, 0.15) is 5.56 Å². The molecule has 0 aliphatic rings. The van der Waals surface area contributed by atoms with E-state index in [0.29, 0.717) is 16.4 Å². The van der Waals surface area contributed by atoms with E-state index < -0.39 is 0 Å². The van der Waals surface area contributed by atoms with Gasteiger partial charge in [0.1, 0.15) is 0 Å². The van der Waals surface area contributed by atoms with Gasteiger partial charge < -0.3 is 9.15 Å². The standard InChI is InChI=1S/C10H10ClNO3/c1-13-8-4-6(5-15-12)9(11)7-2-3-14-10(7)8/h2-4H,5,12H2,1H3. The monoisotopic (exact) mass is 227 g/mol. The minimum absolute atomic E-state index is 0.232. The number of hydrogen-bond donors (Lipinski definition) is 1. The van der Waals surface area contributed by atoms with E-state index in [1.165, 1.54) is 0 Å². The molecule has 4 nitrogen and oxygen atoms in total. The fourth-order valence-corrected chi connectivity index (χ4v) is 1.74. The van der Waals surface area contributed by atoms with Crippen LogP contribution < -0.4 is 10.6 Å². The van der Waals surface area contributed by atoms with Crippen molar-refractivity contribution in [3.63, 3.8) is 0 Å². The Labute approximate surface area is 91.5 Å². The van der Waals surface area contributed by atoms with Crippen molar-refractivity contribution < 1.29 is 14.0 Å². The summed E-state index contributed by atoms with van der Waals surface area (Å²) in [6.07, 6.45) is 1.56. The van der Waals surface area contributed by atoms with E-state index >= 15 is 0 Å². The maximum absolute atomic E-state index is 6.14. The van der Waals surface area contributed by atoms with E-state index in [0.717, 1.165) is 10.9 Å². The molecule has 5 heteroatoms. The van der Waals surface area contributed by atoms with Crippen LogP contribution in [0.5, 0.6) is 5.75 Å². The molecule has 15 heavy (non-hydrogen) atoms. The molecule has 2 rings (SSSR count). The topological polar surface area (TPSA) is 57.6 Å². The second-order valence-electron chi connectivity index (χ2n) is 3.03. The number of methoxy groups -OCH3 is 1. The smallest absolute Gasteiger partial charge is 0.177 e. The molecule has 0 amide bonds. The first-order valence-corrected chi connectivity index (χ1v) is 4.70. The van der Waals surface area contributed by atoms with Gasteiger partial charge in [0.25, 0.3) is 0 Å². The number of nitrogens with two attached hydrogens (primary N) is 1. The lowest BCUT2D eigenvalue weighted by atomic mass is 10.1. The Hall–Kier alpha value is -1.23. The van der Waals surface area contributed by atoms with E-state index in [1.54, 1.807) is 25.5 Å².